The van der Waals surface area contributed by atoms with Crippen molar-refractivity contribution < 1.29 is 12.8 Å². The van der Waals surface area contributed by atoms with Crippen molar-refractivity contribution in [1.29, 1.82) is 0 Å². The average molecular weight is 441 g/mol. The monoisotopic (exact) mass is 440 g/mol. The number of hydrogen-bond acceptors (Lipinski definition) is 4. The first-order valence-electron chi connectivity index (χ1n) is 9.96. The first-order valence-corrected chi connectivity index (χ1v) is 11.4. The molecule has 3 heterocycles. The number of likely N-dealkylation sites (N-methyl/N-ethyl adjacent to an activating group) is 1. The van der Waals surface area contributed by atoms with Gasteiger partial charge in [0.05, 0.1) is 16.2 Å². The van der Waals surface area contributed by atoms with E-state index in [0.717, 1.165) is 0 Å². The molecular weight excluding hydrogens is 419 g/mol. The van der Waals surface area contributed by atoms with Crippen LogP contribution in [0.15, 0.2) is 58.2 Å². The second-order valence-corrected chi connectivity index (χ2v) is 9.82. The van der Waals surface area contributed by atoms with E-state index in [0.29, 0.717) is 59.2 Å². The summed E-state index contributed by atoms with van der Waals surface area (Å²) in [7, 11) is -1.62. The van der Waals surface area contributed by atoms with Gasteiger partial charge in [-0.15, -0.1) is 0 Å². The van der Waals surface area contributed by atoms with Crippen LogP contribution >= 0.6 is 0 Å². The van der Waals surface area contributed by atoms with Crippen molar-refractivity contribution in [3.8, 4) is 11.3 Å². The van der Waals surface area contributed by atoms with Gasteiger partial charge in [0.15, 0.2) is 0 Å². The molecule has 0 atom stereocenters. The average Bonchev–Trinajstić information content (AvgIpc) is 3.17. The van der Waals surface area contributed by atoms with Gasteiger partial charge in [0.2, 0.25) is 10.0 Å². The fourth-order valence-electron chi connectivity index (χ4n) is 3.97. The molecule has 2 N–H and O–H groups in total. The number of H-pyrrole nitrogens is 2. The largest absolute Gasteiger partial charge is 0.354 e. The Kier molecular flexibility index (Phi) is 4.69. The van der Waals surface area contributed by atoms with Crippen LogP contribution in [0.2, 0.25) is 0 Å². The summed E-state index contributed by atoms with van der Waals surface area (Å²) >= 11 is 0. The Balaban J connectivity index is 1.55. The molecule has 1 fully saturated rings. The van der Waals surface area contributed by atoms with E-state index in [2.05, 4.69) is 14.9 Å². The van der Waals surface area contributed by atoms with Gasteiger partial charge >= 0.3 is 0 Å². The van der Waals surface area contributed by atoms with Gasteiger partial charge in [0.1, 0.15) is 5.82 Å². The van der Waals surface area contributed by atoms with Gasteiger partial charge in [-0.25, -0.2) is 12.8 Å². The maximum atomic E-state index is 13.6. The Hall–Kier alpha value is -3.01. The minimum atomic E-state index is -3.59. The zero-order valence-electron chi connectivity index (χ0n) is 16.9. The summed E-state index contributed by atoms with van der Waals surface area (Å²) in [5, 5.41) is 1.26. The smallest absolute Gasteiger partial charge is 0.257 e. The van der Waals surface area contributed by atoms with Crippen LogP contribution in [0.1, 0.15) is 0 Å². The normalized spacial score (nSPS) is 16.3. The first-order chi connectivity index (χ1) is 14.8. The number of rotatable bonds is 3. The predicted molar refractivity (Wildman–Crippen MR) is 118 cm³/mol. The molecule has 1 aliphatic heterocycles. The van der Waals surface area contributed by atoms with E-state index in [-0.39, 0.29) is 16.3 Å². The lowest BCUT2D eigenvalue weighted by atomic mass is 10.1. The molecule has 0 spiro atoms. The number of aromatic nitrogens is 2. The number of sulfonamides is 1. The van der Waals surface area contributed by atoms with E-state index in [1.54, 1.807) is 30.3 Å². The summed E-state index contributed by atoms with van der Waals surface area (Å²) in [6.45, 7) is 2.30. The van der Waals surface area contributed by atoms with Crippen LogP contribution in [0.3, 0.4) is 0 Å². The van der Waals surface area contributed by atoms with Gasteiger partial charge in [-0.05, 0) is 55.6 Å². The number of nitrogens with one attached hydrogen (secondary N) is 2. The maximum absolute atomic E-state index is 13.6. The number of hydrogen-bond donors (Lipinski definition) is 2. The Morgan fingerprint density at radius 2 is 1.55 bits per heavy atom. The van der Waals surface area contributed by atoms with Gasteiger partial charge < -0.3 is 14.9 Å². The molecule has 0 unspecified atom stereocenters. The van der Waals surface area contributed by atoms with Crippen LogP contribution in [-0.2, 0) is 10.0 Å². The number of halogens is 1. The molecule has 7 nitrogen and oxygen atoms in total. The molecule has 4 aromatic rings. The van der Waals surface area contributed by atoms with E-state index in [4.69, 9.17) is 0 Å². The first kappa shape index (κ1) is 19.9. The predicted octanol–water partition coefficient (Wildman–Crippen LogP) is 2.75. The van der Waals surface area contributed by atoms with Crippen molar-refractivity contribution >= 4 is 31.8 Å². The lowest BCUT2D eigenvalue weighted by molar-refractivity contribution is 0.222. The SMILES string of the molecule is CN1CCN(S(=O)(=O)c2ccc3[nH]c(-c4cc5cc(F)ccc5[nH]c4=O)cc3c2)CC1. The Labute approximate surface area is 178 Å². The molecule has 31 heavy (non-hydrogen) atoms. The van der Waals surface area contributed by atoms with Crippen LogP contribution in [0.4, 0.5) is 4.39 Å². The minimum Gasteiger partial charge on any atom is -0.354 e. The van der Waals surface area contributed by atoms with E-state index < -0.39 is 10.0 Å². The van der Waals surface area contributed by atoms with Crippen molar-refractivity contribution in [2.75, 3.05) is 33.2 Å². The molecule has 2 aromatic heterocycles. The third-order valence-corrected chi connectivity index (χ3v) is 7.68. The van der Waals surface area contributed by atoms with Gasteiger partial charge in [0, 0.05) is 48.0 Å². The zero-order valence-corrected chi connectivity index (χ0v) is 17.7. The van der Waals surface area contributed by atoms with E-state index >= 15 is 0 Å². The highest BCUT2D eigenvalue weighted by atomic mass is 32.2. The van der Waals surface area contributed by atoms with Gasteiger partial charge in [0.25, 0.3) is 5.56 Å². The molecule has 1 saturated heterocycles. The molecule has 5 rings (SSSR count). The van der Waals surface area contributed by atoms with Crippen LogP contribution in [0.5, 0.6) is 0 Å². The van der Waals surface area contributed by atoms with Gasteiger partial charge in [-0.2, -0.15) is 4.31 Å². The highest BCUT2D eigenvalue weighted by molar-refractivity contribution is 7.89. The second-order valence-electron chi connectivity index (χ2n) is 7.88. The van der Waals surface area contributed by atoms with Crippen LogP contribution in [0.25, 0.3) is 33.1 Å². The van der Waals surface area contributed by atoms with Crippen molar-refractivity contribution in [2.24, 2.45) is 0 Å². The number of benzene rings is 2. The standard InChI is InChI=1S/C22H21FN4O3S/c1-26-6-8-27(9-7-26)31(29,30)17-3-5-19-15(11-17)13-21(24-19)18-12-14-10-16(23)2-4-20(14)25-22(18)28/h2-5,10-13,24H,6-9H2,1H3,(H,25,28). The van der Waals surface area contributed by atoms with Crippen LogP contribution in [0, 0.1) is 5.82 Å². The molecule has 2 aromatic carbocycles. The molecule has 0 bridgehead atoms. The minimum absolute atomic E-state index is 0.226. The summed E-state index contributed by atoms with van der Waals surface area (Å²) in [5.74, 6) is -0.388. The van der Waals surface area contributed by atoms with Crippen molar-refractivity contribution in [3.63, 3.8) is 0 Å². The van der Waals surface area contributed by atoms with Gasteiger partial charge in [-0.3, -0.25) is 4.79 Å². The Bertz CT molecular complexity index is 1470. The molecule has 9 heteroatoms. The van der Waals surface area contributed by atoms with E-state index in [1.165, 1.54) is 22.5 Å². The quantitative estimate of drug-likeness (QED) is 0.513. The maximum Gasteiger partial charge on any atom is 0.257 e. The lowest BCUT2D eigenvalue weighted by Crippen LogP contribution is -2.46. The molecule has 1 aliphatic rings. The highest BCUT2D eigenvalue weighted by Crippen LogP contribution is 2.27. The summed E-state index contributed by atoms with van der Waals surface area (Å²) in [6, 6.07) is 12.5. The fourth-order valence-corrected chi connectivity index (χ4v) is 5.43. The molecular formula is C22H21FN4O3S. The summed E-state index contributed by atoms with van der Waals surface area (Å²) in [4.78, 5) is 20.8. The fraction of sp³-hybridized carbons (Fsp3) is 0.227. The Morgan fingerprint density at radius 3 is 2.32 bits per heavy atom. The zero-order chi connectivity index (χ0) is 21.8. The third kappa shape index (κ3) is 3.54. The molecule has 160 valence electrons. The van der Waals surface area contributed by atoms with Crippen molar-refractivity contribution in [2.45, 2.75) is 4.90 Å². The van der Waals surface area contributed by atoms with E-state index in [9.17, 15) is 17.6 Å². The van der Waals surface area contributed by atoms with Gasteiger partial charge in [-0.1, -0.05) is 0 Å². The third-order valence-electron chi connectivity index (χ3n) is 5.79. The van der Waals surface area contributed by atoms with E-state index in [1.807, 2.05) is 7.05 Å². The number of fused-ring (bicyclic) bond motifs is 2. The molecule has 0 radical (unpaired) electrons. The highest BCUT2D eigenvalue weighted by Gasteiger charge is 2.27. The topological polar surface area (TPSA) is 89.3 Å². The molecule has 0 amide bonds. The Morgan fingerprint density at radius 1 is 0.871 bits per heavy atom. The lowest BCUT2D eigenvalue weighted by Gasteiger charge is -2.31. The number of nitrogens with zero attached hydrogens (tertiary/aromatic N) is 2. The van der Waals surface area contributed by atoms with Crippen molar-refractivity contribution in [1.82, 2.24) is 19.2 Å². The number of piperazine rings is 1. The van der Waals surface area contributed by atoms with Crippen LogP contribution in [-0.4, -0.2) is 60.8 Å². The van der Waals surface area contributed by atoms with Crippen LogP contribution < -0.4 is 5.56 Å². The number of pyridine rings is 1. The molecule has 0 saturated carbocycles. The number of aromatic amines is 2. The summed E-state index contributed by atoms with van der Waals surface area (Å²) in [5.41, 5.74) is 1.85. The summed E-state index contributed by atoms with van der Waals surface area (Å²) in [6.07, 6.45) is 0. The van der Waals surface area contributed by atoms with Crippen molar-refractivity contribution in [3.05, 3.63) is 64.7 Å². The molecule has 0 aliphatic carbocycles. The summed E-state index contributed by atoms with van der Waals surface area (Å²) < 4.78 is 41.2. The second kappa shape index (κ2) is 7.30.